The number of aromatic nitrogens is 4. The number of rotatable bonds is 12. The highest BCUT2D eigenvalue weighted by atomic mass is 15.3. The predicted molar refractivity (Wildman–Crippen MR) is 145 cm³/mol. The molecule has 0 spiro atoms. The Balaban J connectivity index is 1.10. The van der Waals surface area contributed by atoms with Crippen molar-refractivity contribution in [3.05, 3.63) is 73.3 Å². The monoisotopic (exact) mass is 500 g/mol. The van der Waals surface area contributed by atoms with Crippen LogP contribution in [0.3, 0.4) is 0 Å². The van der Waals surface area contributed by atoms with Crippen molar-refractivity contribution in [2.75, 3.05) is 23.7 Å². The van der Waals surface area contributed by atoms with Crippen molar-refractivity contribution in [1.82, 2.24) is 9.13 Å². The summed E-state index contributed by atoms with van der Waals surface area (Å²) in [5, 5.41) is 24.3. The molecule has 192 valence electrons. The van der Waals surface area contributed by atoms with Crippen LogP contribution in [0.1, 0.15) is 19.3 Å². The zero-order chi connectivity index (χ0) is 26.0. The summed E-state index contributed by atoms with van der Waals surface area (Å²) in [5.41, 5.74) is 3.86. The molecule has 0 saturated carbocycles. The van der Waals surface area contributed by atoms with Crippen LogP contribution in [0.5, 0.6) is 0 Å². The van der Waals surface area contributed by atoms with Crippen LogP contribution in [-0.2, 0) is 28.2 Å². The maximum absolute atomic E-state index is 4.33. The highest BCUT2D eigenvalue weighted by molar-refractivity contribution is 5.51. The third-order valence-corrected chi connectivity index (χ3v) is 6.05. The van der Waals surface area contributed by atoms with E-state index in [-0.39, 0.29) is 0 Å². The van der Waals surface area contributed by atoms with Gasteiger partial charge in [-0.15, -0.1) is 0 Å². The molecule has 0 unspecified atom stereocenters. The highest BCUT2D eigenvalue weighted by Crippen LogP contribution is 2.20. The van der Waals surface area contributed by atoms with E-state index in [4.69, 9.17) is 0 Å². The number of nitrogens with one attached hydrogen (secondary N) is 2. The van der Waals surface area contributed by atoms with Gasteiger partial charge in [-0.2, -0.15) is 0 Å². The number of aryl methyl sites for hydroxylation is 4. The van der Waals surface area contributed by atoms with Crippen LogP contribution in [0.25, 0.3) is 0 Å². The second-order valence-electron chi connectivity index (χ2n) is 9.05. The first-order valence-corrected chi connectivity index (χ1v) is 12.5. The first-order valence-electron chi connectivity index (χ1n) is 12.5. The van der Waals surface area contributed by atoms with E-state index in [0.29, 0.717) is 0 Å². The smallest absolute Gasteiger partial charge is 0.385 e. The Morgan fingerprint density at radius 3 is 1.35 bits per heavy atom. The van der Waals surface area contributed by atoms with E-state index in [2.05, 4.69) is 31.1 Å². The summed E-state index contributed by atoms with van der Waals surface area (Å²) in [7, 11) is 7.82. The molecule has 2 heterocycles. The number of benzene rings is 2. The molecule has 0 atom stereocenters. The lowest BCUT2D eigenvalue weighted by Gasteiger charge is -2.08. The topological polar surface area (TPSA) is 91.1 Å². The standard InChI is InChI=1S/C27H34N10/c1-34-18-19-35(2)26(34)32-30-24-12-8-22(9-13-24)28-16-6-5-7-17-29-23-10-14-25(15-11-23)31-33-27-36(3)20-21-37(27)4/h8-15,18-21H,5-7,16-17H2,1-4H3/p+2. The van der Waals surface area contributed by atoms with Crippen LogP contribution in [0.2, 0.25) is 0 Å². The molecule has 0 amide bonds. The number of azo groups is 2. The molecule has 4 rings (SSSR count). The van der Waals surface area contributed by atoms with Crippen molar-refractivity contribution < 1.29 is 9.13 Å². The summed E-state index contributed by atoms with van der Waals surface area (Å²) < 4.78 is 7.74. The summed E-state index contributed by atoms with van der Waals surface area (Å²) in [4.78, 5) is 0. The highest BCUT2D eigenvalue weighted by Gasteiger charge is 2.11. The van der Waals surface area contributed by atoms with E-state index in [1.165, 1.54) is 0 Å². The minimum atomic E-state index is 0.799. The first kappa shape index (κ1) is 25.7. The van der Waals surface area contributed by atoms with E-state index >= 15 is 0 Å². The van der Waals surface area contributed by atoms with Crippen molar-refractivity contribution >= 4 is 34.6 Å². The molecule has 2 aromatic heterocycles. The zero-order valence-electron chi connectivity index (χ0n) is 22.0. The van der Waals surface area contributed by atoms with Gasteiger partial charge in [-0.05, 0) is 67.8 Å². The zero-order valence-corrected chi connectivity index (χ0v) is 22.0. The fourth-order valence-electron chi connectivity index (χ4n) is 3.84. The average Bonchev–Trinajstić information content (AvgIpc) is 3.41. The molecule has 0 saturated heterocycles. The molecule has 0 aliphatic carbocycles. The van der Waals surface area contributed by atoms with Gasteiger partial charge in [0.1, 0.15) is 11.4 Å². The summed E-state index contributed by atoms with van der Waals surface area (Å²) in [6.07, 6.45) is 11.2. The van der Waals surface area contributed by atoms with Crippen LogP contribution in [0, 0.1) is 0 Å². The summed E-state index contributed by atoms with van der Waals surface area (Å²) in [6, 6.07) is 16.1. The third-order valence-electron chi connectivity index (χ3n) is 6.05. The fourth-order valence-corrected chi connectivity index (χ4v) is 3.84. The lowest BCUT2D eigenvalue weighted by atomic mass is 10.2. The van der Waals surface area contributed by atoms with Crippen LogP contribution in [-0.4, -0.2) is 22.2 Å². The van der Waals surface area contributed by atoms with Crippen molar-refractivity contribution in [1.29, 1.82) is 0 Å². The maximum atomic E-state index is 4.33. The molecular formula is C27H36N10+2. The van der Waals surface area contributed by atoms with Gasteiger partial charge in [0.25, 0.3) is 0 Å². The quantitative estimate of drug-likeness (QED) is 0.152. The summed E-state index contributed by atoms with van der Waals surface area (Å²) >= 11 is 0. The Morgan fingerprint density at radius 2 is 1.00 bits per heavy atom. The second-order valence-corrected chi connectivity index (χ2v) is 9.05. The second kappa shape index (κ2) is 12.6. The minimum Gasteiger partial charge on any atom is -0.385 e. The maximum Gasteiger partial charge on any atom is 0.421 e. The van der Waals surface area contributed by atoms with Crippen molar-refractivity contribution in [3.63, 3.8) is 0 Å². The van der Waals surface area contributed by atoms with E-state index in [0.717, 1.165) is 67.0 Å². The van der Waals surface area contributed by atoms with Gasteiger partial charge in [0, 0.05) is 34.7 Å². The van der Waals surface area contributed by atoms with E-state index in [1.807, 2.05) is 120 Å². The van der Waals surface area contributed by atoms with Crippen LogP contribution in [0.15, 0.2) is 93.8 Å². The number of hydrogen-bond acceptors (Lipinski definition) is 6. The molecule has 37 heavy (non-hydrogen) atoms. The number of unbranched alkanes of at least 4 members (excludes halogenated alkanes) is 2. The Hall–Kier alpha value is -4.34. The Bertz CT molecular complexity index is 1190. The van der Waals surface area contributed by atoms with Gasteiger partial charge in [-0.25, -0.2) is 18.3 Å². The number of hydrogen-bond donors (Lipinski definition) is 2. The van der Waals surface area contributed by atoms with E-state index in [1.54, 1.807) is 0 Å². The Kier molecular flexibility index (Phi) is 8.75. The SMILES string of the molecule is Cn1cc[n+](C)c1N=Nc1ccc(NCCCCCNc2ccc(N=Nc3n(C)cc[n+]3C)cc2)cc1. The minimum absolute atomic E-state index is 0.799. The average molecular weight is 501 g/mol. The van der Waals surface area contributed by atoms with Gasteiger partial charge in [0.15, 0.2) is 0 Å². The summed E-state index contributed by atoms with van der Waals surface area (Å²) in [6.45, 7) is 1.89. The normalized spacial score (nSPS) is 11.6. The largest absolute Gasteiger partial charge is 0.421 e. The van der Waals surface area contributed by atoms with Gasteiger partial charge in [-0.3, -0.25) is 0 Å². The molecule has 0 bridgehead atoms. The van der Waals surface area contributed by atoms with Gasteiger partial charge < -0.3 is 10.6 Å². The molecule has 0 fully saturated rings. The Labute approximate surface area is 218 Å². The molecule has 4 aromatic rings. The molecule has 0 aliphatic rings. The summed E-state index contributed by atoms with van der Waals surface area (Å²) in [5.74, 6) is 1.60. The molecule has 10 heteroatoms. The van der Waals surface area contributed by atoms with Crippen molar-refractivity contribution in [3.8, 4) is 0 Å². The van der Waals surface area contributed by atoms with Crippen LogP contribution >= 0.6 is 0 Å². The van der Waals surface area contributed by atoms with Crippen LogP contribution in [0.4, 0.5) is 34.6 Å². The van der Waals surface area contributed by atoms with E-state index in [9.17, 15) is 0 Å². The van der Waals surface area contributed by atoms with Gasteiger partial charge in [-0.1, -0.05) is 10.2 Å². The number of anilines is 2. The van der Waals surface area contributed by atoms with Crippen LogP contribution < -0.4 is 19.8 Å². The molecule has 2 N–H and O–H groups in total. The van der Waals surface area contributed by atoms with Crippen molar-refractivity contribution in [2.24, 2.45) is 48.6 Å². The van der Waals surface area contributed by atoms with Gasteiger partial charge in [0.05, 0.1) is 53.0 Å². The molecule has 10 nitrogen and oxygen atoms in total. The Morgan fingerprint density at radius 1 is 0.595 bits per heavy atom. The molecular weight excluding hydrogens is 464 g/mol. The molecule has 2 aromatic carbocycles. The molecule has 0 aliphatic heterocycles. The van der Waals surface area contributed by atoms with Gasteiger partial charge >= 0.3 is 11.9 Å². The first-order chi connectivity index (χ1) is 18.0. The lowest BCUT2D eigenvalue weighted by Crippen LogP contribution is -2.25. The fraction of sp³-hybridized carbons (Fsp3) is 0.333. The van der Waals surface area contributed by atoms with Gasteiger partial charge in [0.2, 0.25) is 0 Å². The predicted octanol–water partition coefficient (Wildman–Crippen LogP) is 5.54. The lowest BCUT2D eigenvalue weighted by molar-refractivity contribution is -0.657. The molecule has 0 radical (unpaired) electrons. The third kappa shape index (κ3) is 7.33. The van der Waals surface area contributed by atoms with Crippen molar-refractivity contribution in [2.45, 2.75) is 19.3 Å². The van der Waals surface area contributed by atoms with E-state index < -0.39 is 0 Å². The number of imidazole rings is 2. The number of nitrogens with zero attached hydrogens (tertiary/aromatic N) is 8.